The smallest absolute Gasteiger partial charge is 0.267 e. The van der Waals surface area contributed by atoms with Gasteiger partial charge in [-0.2, -0.15) is 0 Å². The molecule has 1 fully saturated rings. The molecule has 1 aliphatic heterocycles. The molecule has 0 amide bonds. The average molecular weight is 347 g/mol. The number of nitrogens with zero attached hydrogens (tertiary/aromatic N) is 1. The van der Waals surface area contributed by atoms with Crippen LogP contribution < -0.4 is 9.04 Å². The van der Waals surface area contributed by atoms with Crippen LogP contribution in [-0.4, -0.2) is 34.8 Å². The molecule has 0 radical (unpaired) electrons. The third-order valence-corrected chi connectivity index (χ3v) is 5.83. The van der Waals surface area contributed by atoms with Gasteiger partial charge in [-0.25, -0.2) is 8.42 Å². The zero-order valence-corrected chi connectivity index (χ0v) is 14.6. The van der Waals surface area contributed by atoms with Crippen LogP contribution in [0.4, 0.5) is 5.69 Å². The summed E-state index contributed by atoms with van der Waals surface area (Å²) in [4.78, 5) is 0.173. The van der Waals surface area contributed by atoms with Crippen molar-refractivity contribution in [3.05, 3.63) is 54.1 Å². The summed E-state index contributed by atoms with van der Waals surface area (Å²) in [6, 6.07) is 14.2. The van der Waals surface area contributed by atoms with Crippen LogP contribution in [0.5, 0.6) is 5.75 Å². The normalized spacial score (nSPS) is 16.7. The third kappa shape index (κ3) is 3.55. The summed E-state index contributed by atoms with van der Waals surface area (Å²) in [7, 11) is -2.16. The number of aryl methyl sites for hydroxylation is 1. The number of para-hydroxylation sites is 1. The van der Waals surface area contributed by atoms with Crippen LogP contribution in [0.25, 0.3) is 0 Å². The molecular weight excluding hydrogens is 326 g/mol. The molecule has 1 heterocycles. The van der Waals surface area contributed by atoms with Gasteiger partial charge in [-0.1, -0.05) is 31.2 Å². The molecule has 1 unspecified atom stereocenters. The molecule has 0 bridgehead atoms. The van der Waals surface area contributed by atoms with Crippen LogP contribution in [0.3, 0.4) is 0 Å². The van der Waals surface area contributed by atoms with Crippen molar-refractivity contribution in [2.24, 2.45) is 0 Å². The SMILES string of the molecule is CCc1ccc(S(=O)(=O)N(C)c2ccccc2)c(OCC2CO2)c1. The third-order valence-electron chi connectivity index (χ3n) is 4.00. The summed E-state index contributed by atoms with van der Waals surface area (Å²) >= 11 is 0. The zero-order chi connectivity index (χ0) is 17.2. The quantitative estimate of drug-likeness (QED) is 0.723. The lowest BCUT2D eigenvalue weighted by molar-refractivity contribution is 0.257. The molecule has 0 aromatic heterocycles. The molecule has 6 heteroatoms. The van der Waals surface area contributed by atoms with Crippen molar-refractivity contribution in [2.45, 2.75) is 24.3 Å². The molecule has 2 aromatic carbocycles. The molecule has 0 aliphatic carbocycles. The number of hydrogen-bond acceptors (Lipinski definition) is 4. The topological polar surface area (TPSA) is 59.1 Å². The predicted molar refractivity (Wildman–Crippen MR) is 93.1 cm³/mol. The molecule has 0 spiro atoms. The molecule has 128 valence electrons. The molecule has 0 saturated carbocycles. The predicted octanol–water partition coefficient (Wildman–Crippen LogP) is 2.85. The van der Waals surface area contributed by atoms with Crippen LogP contribution in [0.15, 0.2) is 53.4 Å². The van der Waals surface area contributed by atoms with Gasteiger partial charge in [0.15, 0.2) is 0 Å². The van der Waals surface area contributed by atoms with Gasteiger partial charge in [-0.15, -0.1) is 0 Å². The van der Waals surface area contributed by atoms with Crippen LogP contribution in [0.2, 0.25) is 0 Å². The fourth-order valence-electron chi connectivity index (χ4n) is 2.37. The van der Waals surface area contributed by atoms with E-state index in [1.165, 1.54) is 4.31 Å². The lowest BCUT2D eigenvalue weighted by Gasteiger charge is -2.21. The molecule has 1 saturated heterocycles. The van der Waals surface area contributed by atoms with Crippen molar-refractivity contribution >= 4 is 15.7 Å². The minimum atomic E-state index is -3.71. The van der Waals surface area contributed by atoms with Crippen LogP contribution in [0.1, 0.15) is 12.5 Å². The molecule has 3 rings (SSSR count). The van der Waals surface area contributed by atoms with Crippen molar-refractivity contribution in [2.75, 3.05) is 24.6 Å². The minimum Gasteiger partial charge on any atom is -0.489 e. The Hall–Kier alpha value is -2.05. The van der Waals surface area contributed by atoms with Crippen LogP contribution in [-0.2, 0) is 21.2 Å². The van der Waals surface area contributed by atoms with E-state index in [-0.39, 0.29) is 11.0 Å². The van der Waals surface area contributed by atoms with Gasteiger partial charge in [0.25, 0.3) is 10.0 Å². The highest BCUT2D eigenvalue weighted by molar-refractivity contribution is 7.92. The van der Waals surface area contributed by atoms with Crippen molar-refractivity contribution in [3.63, 3.8) is 0 Å². The Bertz CT molecular complexity index is 801. The van der Waals surface area contributed by atoms with Crippen molar-refractivity contribution in [3.8, 4) is 5.75 Å². The molecule has 24 heavy (non-hydrogen) atoms. The van der Waals surface area contributed by atoms with Gasteiger partial charge in [0.05, 0.1) is 12.3 Å². The van der Waals surface area contributed by atoms with E-state index < -0.39 is 10.0 Å². The average Bonchev–Trinajstić information content (AvgIpc) is 3.44. The van der Waals surface area contributed by atoms with E-state index in [9.17, 15) is 8.42 Å². The standard InChI is InChI=1S/C18H21NO4S/c1-3-14-9-10-18(17(11-14)23-13-16-12-22-16)24(20,21)19(2)15-7-5-4-6-8-15/h4-11,16H,3,12-13H2,1-2H3. The number of hydrogen-bond donors (Lipinski definition) is 0. The highest BCUT2D eigenvalue weighted by Crippen LogP contribution is 2.31. The molecule has 5 nitrogen and oxygen atoms in total. The van der Waals surface area contributed by atoms with E-state index in [1.807, 2.05) is 31.2 Å². The van der Waals surface area contributed by atoms with Gasteiger partial charge < -0.3 is 9.47 Å². The fourth-order valence-corrected chi connectivity index (χ4v) is 3.68. The number of benzene rings is 2. The molecule has 2 aromatic rings. The molecule has 1 atom stereocenters. The van der Waals surface area contributed by atoms with Gasteiger partial charge in [0.2, 0.25) is 0 Å². The van der Waals surface area contributed by atoms with Crippen molar-refractivity contribution < 1.29 is 17.9 Å². The van der Waals surface area contributed by atoms with Gasteiger partial charge in [-0.3, -0.25) is 4.31 Å². The molecular formula is C18H21NO4S. The summed E-state index contributed by atoms with van der Waals surface area (Å²) in [5.74, 6) is 0.382. The maximum Gasteiger partial charge on any atom is 0.267 e. The Morgan fingerprint density at radius 2 is 1.92 bits per heavy atom. The Morgan fingerprint density at radius 3 is 2.54 bits per heavy atom. The first-order chi connectivity index (χ1) is 11.5. The van der Waals surface area contributed by atoms with Crippen molar-refractivity contribution in [1.29, 1.82) is 0 Å². The van der Waals surface area contributed by atoms with Gasteiger partial charge in [0.1, 0.15) is 23.4 Å². The zero-order valence-electron chi connectivity index (χ0n) is 13.8. The lowest BCUT2D eigenvalue weighted by Crippen LogP contribution is -2.27. The Balaban J connectivity index is 1.96. The van der Waals surface area contributed by atoms with Gasteiger partial charge in [0, 0.05) is 7.05 Å². The Kier molecular flexibility index (Phi) is 4.78. The van der Waals surface area contributed by atoms with Gasteiger partial charge >= 0.3 is 0 Å². The first kappa shape index (κ1) is 16.8. The van der Waals surface area contributed by atoms with E-state index in [0.717, 1.165) is 12.0 Å². The number of rotatable bonds is 7. The van der Waals surface area contributed by atoms with E-state index in [4.69, 9.17) is 9.47 Å². The summed E-state index contributed by atoms with van der Waals surface area (Å²) in [6.07, 6.45) is 0.878. The van der Waals surface area contributed by atoms with E-state index in [1.54, 1.807) is 31.3 Å². The highest BCUT2D eigenvalue weighted by Gasteiger charge is 2.28. The van der Waals surface area contributed by atoms with E-state index in [0.29, 0.717) is 24.7 Å². The summed E-state index contributed by atoms with van der Waals surface area (Å²) < 4.78 is 38.2. The van der Waals surface area contributed by atoms with E-state index in [2.05, 4.69) is 0 Å². The van der Waals surface area contributed by atoms with Gasteiger partial charge in [-0.05, 0) is 36.2 Å². The largest absolute Gasteiger partial charge is 0.489 e. The second-order valence-corrected chi connectivity index (χ2v) is 7.65. The summed E-state index contributed by atoms with van der Waals surface area (Å²) in [5, 5.41) is 0. The van der Waals surface area contributed by atoms with Crippen LogP contribution >= 0.6 is 0 Å². The molecule has 0 N–H and O–H groups in total. The lowest BCUT2D eigenvalue weighted by atomic mass is 10.2. The first-order valence-electron chi connectivity index (χ1n) is 7.93. The highest BCUT2D eigenvalue weighted by atomic mass is 32.2. The minimum absolute atomic E-state index is 0.0673. The summed E-state index contributed by atoms with van der Waals surface area (Å²) in [6.45, 7) is 3.05. The van der Waals surface area contributed by atoms with Crippen LogP contribution in [0, 0.1) is 0 Å². The number of sulfonamides is 1. The second kappa shape index (κ2) is 6.83. The first-order valence-corrected chi connectivity index (χ1v) is 9.37. The molecule has 1 aliphatic rings. The maximum absolute atomic E-state index is 13.0. The summed E-state index contributed by atoms with van der Waals surface area (Å²) in [5.41, 5.74) is 1.64. The number of anilines is 1. The fraction of sp³-hybridized carbons (Fsp3) is 0.333. The van der Waals surface area contributed by atoms with E-state index >= 15 is 0 Å². The number of epoxide rings is 1. The number of ether oxygens (including phenoxy) is 2. The second-order valence-electron chi connectivity index (χ2n) is 5.71. The van der Waals surface area contributed by atoms with Crippen molar-refractivity contribution in [1.82, 2.24) is 0 Å². The Labute approximate surface area is 142 Å². The monoisotopic (exact) mass is 347 g/mol. The maximum atomic E-state index is 13.0. The Morgan fingerprint density at radius 1 is 1.21 bits per heavy atom.